The predicted molar refractivity (Wildman–Crippen MR) is 107 cm³/mol. The molecule has 0 radical (unpaired) electrons. The topological polar surface area (TPSA) is 139 Å². The molecule has 2 rings (SSSR count). The first-order valence-electron chi connectivity index (χ1n) is 7.69. The number of anilines is 2. The molecule has 0 aliphatic carbocycles. The summed E-state index contributed by atoms with van der Waals surface area (Å²) >= 11 is 11.8. The zero-order valence-electron chi connectivity index (χ0n) is 14.3. The minimum Gasteiger partial charge on any atom is -0.399 e. The number of nitrogens with one attached hydrogen (secondary N) is 3. The molecule has 146 valence electrons. The molecule has 0 aromatic heterocycles. The van der Waals surface area contributed by atoms with Crippen LogP contribution in [-0.2, 0) is 4.79 Å². The van der Waals surface area contributed by atoms with Crippen molar-refractivity contribution in [2.45, 2.75) is 6.42 Å². The number of hydrogen-bond donors (Lipinski definition) is 4. The summed E-state index contributed by atoms with van der Waals surface area (Å²) in [7, 11) is 0. The van der Waals surface area contributed by atoms with Gasteiger partial charge in [-0.25, -0.2) is 0 Å². The third-order valence-corrected chi connectivity index (χ3v) is 3.91. The van der Waals surface area contributed by atoms with Gasteiger partial charge in [0.25, 0.3) is 11.6 Å². The van der Waals surface area contributed by atoms with Crippen molar-refractivity contribution in [3.8, 4) is 0 Å². The second kappa shape index (κ2) is 9.07. The van der Waals surface area contributed by atoms with Crippen molar-refractivity contribution in [1.29, 1.82) is 0 Å². The van der Waals surface area contributed by atoms with E-state index in [2.05, 4.69) is 22.7 Å². The third kappa shape index (κ3) is 5.86. The maximum atomic E-state index is 12.1. The number of hydrogen-bond acceptors (Lipinski definition) is 6. The number of rotatable bonds is 7. The number of halogens is 2. The van der Waals surface area contributed by atoms with E-state index in [1.165, 1.54) is 18.2 Å². The summed E-state index contributed by atoms with van der Waals surface area (Å²) in [5.74, 6) is -1.13. The Bertz CT molecular complexity index is 965. The van der Waals surface area contributed by atoms with E-state index in [4.69, 9.17) is 28.9 Å². The summed E-state index contributed by atoms with van der Waals surface area (Å²) in [6, 6.07) is 8.10. The maximum absolute atomic E-state index is 12.1. The van der Waals surface area contributed by atoms with Crippen LogP contribution < -0.4 is 21.9 Å². The number of nitrogens with zero attached hydrogens (tertiary/aromatic N) is 1. The first kappa shape index (κ1) is 21.0. The number of amides is 2. The van der Waals surface area contributed by atoms with Gasteiger partial charge in [0.15, 0.2) is 0 Å². The average Bonchev–Trinajstić information content (AvgIpc) is 2.62. The molecule has 0 heterocycles. The zero-order valence-corrected chi connectivity index (χ0v) is 15.8. The third-order valence-electron chi connectivity index (χ3n) is 3.34. The standard InChI is InChI=1S/C17H15Cl2N5O4/c1-9(4-16(25)21-15-7-11(18)2-3-14(15)19)22-23-17(26)10-5-12(20)8-13(6-10)24(27)28/h2-3,5-8,22H,1,4,20H2,(H,21,25)(H,23,26). The van der Waals surface area contributed by atoms with Crippen LogP contribution in [0.4, 0.5) is 17.1 Å². The number of carbonyl (C=O) groups excluding carboxylic acids is 2. The molecular formula is C17H15Cl2N5O4. The molecule has 0 atom stereocenters. The molecule has 0 fully saturated rings. The molecule has 2 aromatic carbocycles. The molecule has 9 nitrogen and oxygen atoms in total. The Morgan fingerprint density at radius 3 is 2.54 bits per heavy atom. The van der Waals surface area contributed by atoms with Gasteiger partial charge in [-0.15, -0.1) is 0 Å². The Hall–Kier alpha value is -3.30. The van der Waals surface area contributed by atoms with Gasteiger partial charge in [-0.3, -0.25) is 25.1 Å². The Morgan fingerprint density at radius 2 is 1.86 bits per heavy atom. The highest BCUT2D eigenvalue weighted by atomic mass is 35.5. The normalized spacial score (nSPS) is 10.1. The van der Waals surface area contributed by atoms with Crippen molar-refractivity contribution in [3.05, 3.63) is 74.4 Å². The molecule has 0 bridgehead atoms. The van der Waals surface area contributed by atoms with Crippen LogP contribution in [0.5, 0.6) is 0 Å². The summed E-state index contributed by atoms with van der Waals surface area (Å²) in [6.07, 6.45) is -0.180. The first-order chi connectivity index (χ1) is 13.2. The highest BCUT2D eigenvalue weighted by Gasteiger charge is 2.14. The molecule has 0 unspecified atom stereocenters. The number of nitrogen functional groups attached to an aromatic ring is 1. The van der Waals surface area contributed by atoms with Crippen molar-refractivity contribution in [1.82, 2.24) is 10.9 Å². The summed E-state index contributed by atoms with van der Waals surface area (Å²) < 4.78 is 0. The van der Waals surface area contributed by atoms with Gasteiger partial charge < -0.3 is 16.5 Å². The SMILES string of the molecule is C=C(CC(=O)Nc1cc(Cl)ccc1Cl)NNC(=O)c1cc(N)cc([N+](=O)[O-])c1. The molecule has 0 spiro atoms. The molecule has 2 aromatic rings. The Kier molecular flexibility index (Phi) is 6.80. The van der Waals surface area contributed by atoms with E-state index in [9.17, 15) is 19.7 Å². The Labute approximate surface area is 169 Å². The quantitative estimate of drug-likeness (QED) is 0.306. The number of hydrazine groups is 1. The van der Waals surface area contributed by atoms with Crippen LogP contribution in [0.2, 0.25) is 10.0 Å². The van der Waals surface area contributed by atoms with Crippen LogP contribution >= 0.6 is 23.2 Å². The second-order valence-corrected chi connectivity index (χ2v) is 6.45. The molecule has 0 saturated heterocycles. The van der Waals surface area contributed by atoms with Gasteiger partial charge in [0.1, 0.15) is 0 Å². The van der Waals surface area contributed by atoms with Crippen LogP contribution in [0.15, 0.2) is 48.7 Å². The molecule has 0 saturated carbocycles. The van der Waals surface area contributed by atoms with Gasteiger partial charge in [0.2, 0.25) is 5.91 Å². The van der Waals surface area contributed by atoms with E-state index < -0.39 is 16.7 Å². The number of non-ortho nitro benzene ring substituents is 1. The molecule has 2 amide bonds. The van der Waals surface area contributed by atoms with E-state index >= 15 is 0 Å². The van der Waals surface area contributed by atoms with Crippen molar-refractivity contribution in [2.24, 2.45) is 0 Å². The van der Waals surface area contributed by atoms with Gasteiger partial charge >= 0.3 is 0 Å². The zero-order chi connectivity index (χ0) is 20.8. The number of carbonyl (C=O) groups is 2. The highest BCUT2D eigenvalue weighted by molar-refractivity contribution is 6.35. The van der Waals surface area contributed by atoms with Gasteiger partial charge in [-0.1, -0.05) is 29.8 Å². The second-order valence-electron chi connectivity index (χ2n) is 5.60. The number of benzene rings is 2. The van der Waals surface area contributed by atoms with E-state index in [-0.39, 0.29) is 29.1 Å². The van der Waals surface area contributed by atoms with Crippen molar-refractivity contribution in [3.63, 3.8) is 0 Å². The lowest BCUT2D eigenvalue weighted by atomic mass is 10.1. The number of nitro benzene ring substituents is 1. The summed E-state index contributed by atoms with van der Waals surface area (Å²) in [5, 5.41) is 14.1. The van der Waals surface area contributed by atoms with Crippen molar-refractivity contribution < 1.29 is 14.5 Å². The lowest BCUT2D eigenvalue weighted by Gasteiger charge is -2.12. The smallest absolute Gasteiger partial charge is 0.272 e. The van der Waals surface area contributed by atoms with Gasteiger partial charge in [0, 0.05) is 34.1 Å². The highest BCUT2D eigenvalue weighted by Crippen LogP contribution is 2.25. The van der Waals surface area contributed by atoms with E-state index in [0.29, 0.717) is 15.7 Å². The first-order valence-corrected chi connectivity index (χ1v) is 8.45. The summed E-state index contributed by atoms with van der Waals surface area (Å²) in [4.78, 5) is 34.3. The van der Waals surface area contributed by atoms with Crippen LogP contribution in [0.1, 0.15) is 16.8 Å². The van der Waals surface area contributed by atoms with Crippen molar-refractivity contribution in [2.75, 3.05) is 11.1 Å². The van der Waals surface area contributed by atoms with Crippen LogP contribution in [0.25, 0.3) is 0 Å². The molecule has 0 aliphatic rings. The van der Waals surface area contributed by atoms with E-state index in [1.54, 1.807) is 6.07 Å². The molecule has 28 heavy (non-hydrogen) atoms. The fourth-order valence-electron chi connectivity index (χ4n) is 2.11. The number of nitro groups is 1. The van der Waals surface area contributed by atoms with E-state index in [0.717, 1.165) is 12.1 Å². The Morgan fingerprint density at radius 1 is 1.14 bits per heavy atom. The lowest BCUT2D eigenvalue weighted by molar-refractivity contribution is -0.384. The van der Waals surface area contributed by atoms with Crippen molar-refractivity contribution >= 4 is 52.1 Å². The molecule has 11 heteroatoms. The minimum atomic E-state index is -0.685. The monoisotopic (exact) mass is 423 g/mol. The van der Waals surface area contributed by atoms with E-state index in [1.807, 2.05) is 0 Å². The average molecular weight is 424 g/mol. The van der Waals surface area contributed by atoms with Crippen LogP contribution in [0, 0.1) is 10.1 Å². The largest absolute Gasteiger partial charge is 0.399 e. The summed E-state index contributed by atoms with van der Waals surface area (Å²) in [5.41, 5.74) is 10.5. The molecule has 0 aliphatic heterocycles. The van der Waals surface area contributed by atoms with Gasteiger partial charge in [-0.05, 0) is 24.3 Å². The molecule has 5 N–H and O–H groups in total. The summed E-state index contributed by atoms with van der Waals surface area (Å²) in [6.45, 7) is 3.63. The van der Waals surface area contributed by atoms with Gasteiger partial charge in [-0.2, -0.15) is 0 Å². The minimum absolute atomic E-state index is 0.0258. The van der Waals surface area contributed by atoms with Crippen LogP contribution in [0.3, 0.4) is 0 Å². The van der Waals surface area contributed by atoms with Crippen LogP contribution in [-0.4, -0.2) is 16.7 Å². The fraction of sp³-hybridized carbons (Fsp3) is 0.0588. The number of nitrogens with two attached hydrogens (primary N) is 1. The maximum Gasteiger partial charge on any atom is 0.272 e. The fourth-order valence-corrected chi connectivity index (χ4v) is 2.45. The molecular weight excluding hydrogens is 409 g/mol. The van der Waals surface area contributed by atoms with Gasteiger partial charge in [0.05, 0.1) is 22.1 Å². The lowest BCUT2D eigenvalue weighted by Crippen LogP contribution is -2.37. The predicted octanol–water partition coefficient (Wildman–Crippen LogP) is 3.26. The Balaban J connectivity index is 1.91.